The molecule has 3 aromatic rings. The van der Waals surface area contributed by atoms with Crippen molar-refractivity contribution in [2.75, 3.05) is 5.32 Å². The van der Waals surface area contributed by atoms with E-state index in [1.807, 2.05) is 13.0 Å². The summed E-state index contributed by atoms with van der Waals surface area (Å²) >= 11 is 7.45. The highest BCUT2D eigenvalue weighted by atomic mass is 35.5. The minimum Gasteiger partial charge on any atom is -0.324 e. The van der Waals surface area contributed by atoms with Gasteiger partial charge in [-0.2, -0.15) is 0 Å². The number of halogens is 2. The van der Waals surface area contributed by atoms with Gasteiger partial charge in [-0.05, 0) is 42.3 Å². The van der Waals surface area contributed by atoms with Crippen LogP contribution in [0.15, 0.2) is 57.6 Å². The van der Waals surface area contributed by atoms with Crippen LogP contribution in [-0.2, 0) is 14.6 Å². The lowest BCUT2D eigenvalue weighted by atomic mass is 9.90. The number of aryl methyl sites for hydroxylation is 1. The summed E-state index contributed by atoms with van der Waals surface area (Å²) in [5.41, 5.74) is 1.71. The lowest BCUT2D eigenvalue weighted by molar-refractivity contribution is -0.116. The van der Waals surface area contributed by atoms with Crippen molar-refractivity contribution in [2.24, 2.45) is 0 Å². The van der Waals surface area contributed by atoms with E-state index in [-0.39, 0.29) is 32.8 Å². The fourth-order valence-electron chi connectivity index (χ4n) is 3.35. The Labute approximate surface area is 170 Å². The Morgan fingerprint density at radius 2 is 2.00 bits per heavy atom. The Morgan fingerprint density at radius 1 is 1.21 bits per heavy atom. The molecule has 0 saturated carbocycles. The molecule has 0 bridgehead atoms. The van der Waals surface area contributed by atoms with Crippen molar-refractivity contribution in [3.05, 3.63) is 74.7 Å². The molecule has 1 aromatic heterocycles. The third kappa shape index (κ3) is 3.23. The second-order valence-electron chi connectivity index (χ2n) is 6.63. The van der Waals surface area contributed by atoms with Gasteiger partial charge in [-0.1, -0.05) is 29.8 Å². The molecule has 0 radical (unpaired) electrons. The number of hydrogen-bond acceptors (Lipinski definition) is 4. The SMILES string of the molecule is Cc1cccc(S(=O)(=O)c2csc3c2NC(=O)C[C@@H]3c2ccc(F)cc2Cl)c1. The van der Waals surface area contributed by atoms with E-state index in [1.165, 1.54) is 29.5 Å². The van der Waals surface area contributed by atoms with E-state index in [0.29, 0.717) is 10.4 Å². The zero-order chi connectivity index (χ0) is 20.1. The highest BCUT2D eigenvalue weighted by Crippen LogP contribution is 2.47. The van der Waals surface area contributed by atoms with Crippen molar-refractivity contribution in [1.82, 2.24) is 0 Å². The molecule has 2 aromatic carbocycles. The average Bonchev–Trinajstić information content (AvgIpc) is 3.05. The number of amides is 1. The van der Waals surface area contributed by atoms with Gasteiger partial charge in [0, 0.05) is 27.6 Å². The molecule has 1 N–H and O–H groups in total. The van der Waals surface area contributed by atoms with Crippen LogP contribution in [0, 0.1) is 12.7 Å². The number of benzene rings is 2. The third-order valence-corrected chi connectivity index (χ3v) is 8.03. The van der Waals surface area contributed by atoms with E-state index in [4.69, 9.17) is 11.6 Å². The predicted octanol–water partition coefficient (Wildman–Crippen LogP) is 5.16. The van der Waals surface area contributed by atoms with E-state index in [2.05, 4.69) is 5.32 Å². The summed E-state index contributed by atoms with van der Waals surface area (Å²) in [6.07, 6.45) is 0.114. The monoisotopic (exact) mass is 435 g/mol. The molecule has 0 unspecified atom stereocenters. The number of rotatable bonds is 3. The molecule has 144 valence electrons. The van der Waals surface area contributed by atoms with Crippen LogP contribution in [0.1, 0.15) is 28.3 Å². The van der Waals surface area contributed by atoms with E-state index >= 15 is 0 Å². The molecule has 2 heterocycles. The lowest BCUT2D eigenvalue weighted by Crippen LogP contribution is -2.23. The average molecular weight is 436 g/mol. The lowest BCUT2D eigenvalue weighted by Gasteiger charge is -2.24. The molecule has 0 aliphatic carbocycles. The highest BCUT2D eigenvalue weighted by Gasteiger charge is 2.35. The normalized spacial score (nSPS) is 16.5. The molecule has 0 saturated heterocycles. The van der Waals surface area contributed by atoms with Crippen LogP contribution in [0.2, 0.25) is 5.02 Å². The molecule has 28 heavy (non-hydrogen) atoms. The van der Waals surface area contributed by atoms with Crippen LogP contribution in [0.3, 0.4) is 0 Å². The van der Waals surface area contributed by atoms with Crippen LogP contribution in [0.5, 0.6) is 0 Å². The largest absolute Gasteiger partial charge is 0.324 e. The topological polar surface area (TPSA) is 63.2 Å². The van der Waals surface area contributed by atoms with Crippen LogP contribution in [0.4, 0.5) is 10.1 Å². The van der Waals surface area contributed by atoms with Gasteiger partial charge < -0.3 is 5.32 Å². The summed E-state index contributed by atoms with van der Waals surface area (Å²) in [6.45, 7) is 1.82. The number of thiophene rings is 1. The van der Waals surface area contributed by atoms with Crippen LogP contribution in [0.25, 0.3) is 0 Å². The smallest absolute Gasteiger partial charge is 0.225 e. The number of sulfone groups is 1. The molecule has 0 fully saturated rings. The molecule has 4 rings (SSSR count). The highest BCUT2D eigenvalue weighted by molar-refractivity contribution is 7.91. The summed E-state index contributed by atoms with van der Waals surface area (Å²) in [6, 6.07) is 10.6. The maximum atomic E-state index is 13.4. The predicted molar refractivity (Wildman–Crippen MR) is 107 cm³/mol. The van der Waals surface area contributed by atoms with Crippen LogP contribution in [-0.4, -0.2) is 14.3 Å². The first-order valence-electron chi connectivity index (χ1n) is 8.45. The van der Waals surface area contributed by atoms with Crippen LogP contribution >= 0.6 is 22.9 Å². The van der Waals surface area contributed by atoms with Crippen molar-refractivity contribution < 1.29 is 17.6 Å². The summed E-state index contributed by atoms with van der Waals surface area (Å²) in [7, 11) is -3.80. The summed E-state index contributed by atoms with van der Waals surface area (Å²) in [4.78, 5) is 13.3. The van der Waals surface area contributed by atoms with Crippen molar-refractivity contribution in [3.8, 4) is 0 Å². The molecule has 1 atom stereocenters. The van der Waals surface area contributed by atoms with Gasteiger partial charge in [0.25, 0.3) is 0 Å². The first-order chi connectivity index (χ1) is 13.3. The Bertz CT molecular complexity index is 1200. The molecule has 8 heteroatoms. The van der Waals surface area contributed by atoms with E-state index < -0.39 is 21.6 Å². The fourth-order valence-corrected chi connectivity index (χ4v) is 6.65. The number of carbonyl (C=O) groups excluding carboxylic acids is 1. The Morgan fingerprint density at radius 3 is 2.71 bits per heavy atom. The Kier molecular flexibility index (Phi) is 4.77. The van der Waals surface area contributed by atoms with E-state index in [0.717, 1.165) is 5.56 Å². The van der Waals surface area contributed by atoms with Gasteiger partial charge in [0.1, 0.15) is 10.7 Å². The van der Waals surface area contributed by atoms with Crippen molar-refractivity contribution in [3.63, 3.8) is 0 Å². The molecule has 1 aliphatic heterocycles. The molecule has 0 spiro atoms. The Balaban J connectivity index is 1.85. The molecule has 4 nitrogen and oxygen atoms in total. The second-order valence-corrected chi connectivity index (χ2v) is 9.87. The zero-order valence-electron chi connectivity index (χ0n) is 14.7. The minimum absolute atomic E-state index is 0.0642. The number of fused-ring (bicyclic) bond motifs is 1. The summed E-state index contributed by atoms with van der Waals surface area (Å²) in [5, 5.41) is 4.46. The number of anilines is 1. The summed E-state index contributed by atoms with van der Waals surface area (Å²) in [5.74, 6) is -1.21. The number of hydrogen-bond donors (Lipinski definition) is 1. The van der Waals surface area contributed by atoms with Crippen LogP contribution < -0.4 is 5.32 Å². The van der Waals surface area contributed by atoms with E-state index in [9.17, 15) is 17.6 Å². The number of carbonyl (C=O) groups is 1. The quantitative estimate of drug-likeness (QED) is 0.618. The maximum absolute atomic E-state index is 13.4. The standard InChI is InChI=1S/C20H15ClFNO3S2/c1-11-3-2-4-13(7-11)28(25,26)17-10-27-20-15(9-18(24)23-19(17)20)14-6-5-12(22)8-16(14)21/h2-8,10,15H,9H2,1H3,(H,23,24)/t15-/m1/s1. The van der Waals surface area contributed by atoms with Crippen molar-refractivity contribution in [1.29, 1.82) is 0 Å². The van der Waals surface area contributed by atoms with Gasteiger partial charge in [-0.15, -0.1) is 11.3 Å². The fraction of sp³-hybridized carbons (Fsp3) is 0.150. The van der Waals surface area contributed by atoms with Gasteiger partial charge in [0.2, 0.25) is 15.7 Å². The maximum Gasteiger partial charge on any atom is 0.225 e. The summed E-state index contributed by atoms with van der Waals surface area (Å²) < 4.78 is 39.7. The van der Waals surface area contributed by atoms with Crippen molar-refractivity contribution >= 4 is 44.4 Å². The van der Waals surface area contributed by atoms with Gasteiger partial charge in [0.15, 0.2) is 0 Å². The molecule has 1 amide bonds. The molecular formula is C20H15ClFNO3S2. The molecule has 1 aliphatic rings. The van der Waals surface area contributed by atoms with Gasteiger partial charge >= 0.3 is 0 Å². The minimum atomic E-state index is -3.80. The van der Waals surface area contributed by atoms with Crippen molar-refractivity contribution in [2.45, 2.75) is 29.1 Å². The van der Waals surface area contributed by atoms with Gasteiger partial charge in [-0.25, -0.2) is 12.8 Å². The van der Waals surface area contributed by atoms with Gasteiger partial charge in [-0.3, -0.25) is 4.79 Å². The Hall–Kier alpha value is -2.22. The second kappa shape index (κ2) is 6.99. The zero-order valence-corrected chi connectivity index (χ0v) is 17.1. The first-order valence-corrected chi connectivity index (χ1v) is 11.2. The number of nitrogens with one attached hydrogen (secondary N) is 1. The van der Waals surface area contributed by atoms with E-state index in [1.54, 1.807) is 23.6 Å². The third-order valence-electron chi connectivity index (χ3n) is 4.68. The van der Waals surface area contributed by atoms with Gasteiger partial charge in [0.05, 0.1) is 10.6 Å². The molecular weight excluding hydrogens is 421 g/mol. The first kappa shape index (κ1) is 19.1.